The second-order valence-electron chi connectivity index (χ2n) is 4.95. The number of rotatable bonds is 4. The normalized spacial score (nSPS) is 11.3. The fourth-order valence-corrected chi connectivity index (χ4v) is 2.10. The Bertz CT molecular complexity index is 575. The second-order valence-corrected chi connectivity index (χ2v) is 5.75. The summed E-state index contributed by atoms with van der Waals surface area (Å²) < 4.78 is 2.91. The minimum atomic E-state index is 0.472. The Kier molecular flexibility index (Phi) is 4.37. The second kappa shape index (κ2) is 5.84. The Morgan fingerprint density at radius 2 is 2.11 bits per heavy atom. The van der Waals surface area contributed by atoms with Gasteiger partial charge in [-0.05, 0) is 47.5 Å². The summed E-state index contributed by atoms with van der Waals surface area (Å²) in [6.07, 6.45) is 1.83. The molecule has 0 aliphatic carbocycles. The molecule has 4 nitrogen and oxygen atoms in total. The van der Waals surface area contributed by atoms with Crippen LogP contribution in [-0.4, -0.2) is 20.8 Å². The average Bonchev–Trinajstić information content (AvgIpc) is 2.64. The lowest BCUT2D eigenvalue weighted by Gasteiger charge is -2.09. The van der Waals surface area contributed by atoms with Crippen LogP contribution in [0.3, 0.4) is 0 Å². The zero-order chi connectivity index (χ0) is 14.0. The van der Waals surface area contributed by atoms with Crippen molar-refractivity contribution in [3.05, 3.63) is 39.8 Å². The Labute approximate surface area is 122 Å². The molecule has 5 heteroatoms. The largest absolute Gasteiger partial charge is 0.310 e. The molecule has 0 radical (unpaired) electrons. The van der Waals surface area contributed by atoms with Crippen molar-refractivity contribution in [1.82, 2.24) is 20.1 Å². The quantitative estimate of drug-likeness (QED) is 0.940. The molecule has 102 valence electrons. The van der Waals surface area contributed by atoms with Crippen molar-refractivity contribution >= 4 is 15.9 Å². The summed E-state index contributed by atoms with van der Waals surface area (Å²) in [7, 11) is 0. The van der Waals surface area contributed by atoms with Crippen LogP contribution in [0.2, 0.25) is 0 Å². The van der Waals surface area contributed by atoms with Crippen molar-refractivity contribution in [3.8, 4) is 5.82 Å². The number of aryl methyl sites for hydroxylation is 1. The number of aromatic nitrogens is 3. The molecular formula is C14H19BrN4. The summed E-state index contributed by atoms with van der Waals surface area (Å²) >= 11 is 3.54. The third-order valence-electron chi connectivity index (χ3n) is 2.94. The van der Waals surface area contributed by atoms with E-state index in [2.05, 4.69) is 51.2 Å². The summed E-state index contributed by atoms with van der Waals surface area (Å²) in [6, 6.07) is 4.57. The molecule has 0 aromatic carbocycles. The van der Waals surface area contributed by atoms with Gasteiger partial charge in [0, 0.05) is 18.8 Å². The monoisotopic (exact) mass is 322 g/mol. The maximum absolute atomic E-state index is 4.50. The van der Waals surface area contributed by atoms with Crippen LogP contribution in [0.25, 0.3) is 5.82 Å². The summed E-state index contributed by atoms with van der Waals surface area (Å²) in [5.41, 5.74) is 3.26. The zero-order valence-electron chi connectivity index (χ0n) is 11.7. The standard InChI is InChI=1S/C14H19BrN4/c1-9(2)17-8-12-5-6-16-13(7-12)19-11(4)14(15)10(3)18-19/h5-7,9,17H,8H2,1-4H3. The van der Waals surface area contributed by atoms with Crippen LogP contribution in [0, 0.1) is 13.8 Å². The number of nitrogens with zero attached hydrogens (tertiary/aromatic N) is 3. The predicted molar refractivity (Wildman–Crippen MR) is 80.5 cm³/mol. The fourth-order valence-electron chi connectivity index (χ4n) is 1.86. The van der Waals surface area contributed by atoms with E-state index in [1.807, 2.05) is 30.8 Å². The van der Waals surface area contributed by atoms with Crippen LogP contribution in [0.15, 0.2) is 22.8 Å². The molecule has 1 N–H and O–H groups in total. The van der Waals surface area contributed by atoms with Gasteiger partial charge in [-0.25, -0.2) is 9.67 Å². The number of nitrogens with one attached hydrogen (secondary N) is 1. The topological polar surface area (TPSA) is 42.7 Å². The van der Waals surface area contributed by atoms with E-state index in [9.17, 15) is 0 Å². The maximum Gasteiger partial charge on any atom is 0.153 e. The van der Waals surface area contributed by atoms with E-state index in [-0.39, 0.29) is 0 Å². The molecule has 2 heterocycles. The van der Waals surface area contributed by atoms with Gasteiger partial charge in [0.25, 0.3) is 0 Å². The summed E-state index contributed by atoms with van der Waals surface area (Å²) in [4.78, 5) is 4.40. The third kappa shape index (κ3) is 3.22. The van der Waals surface area contributed by atoms with Gasteiger partial charge >= 0.3 is 0 Å². The molecule has 0 bridgehead atoms. The van der Waals surface area contributed by atoms with Crippen LogP contribution in [0.4, 0.5) is 0 Å². The van der Waals surface area contributed by atoms with E-state index >= 15 is 0 Å². The van der Waals surface area contributed by atoms with Crippen molar-refractivity contribution in [1.29, 1.82) is 0 Å². The molecule has 2 rings (SSSR count). The molecular weight excluding hydrogens is 304 g/mol. The van der Waals surface area contributed by atoms with Crippen LogP contribution >= 0.6 is 15.9 Å². The average molecular weight is 323 g/mol. The van der Waals surface area contributed by atoms with Gasteiger partial charge in [0.15, 0.2) is 5.82 Å². The van der Waals surface area contributed by atoms with Crippen molar-refractivity contribution < 1.29 is 0 Å². The molecule has 2 aromatic heterocycles. The first-order chi connectivity index (χ1) is 8.99. The molecule has 0 unspecified atom stereocenters. The Morgan fingerprint density at radius 1 is 1.37 bits per heavy atom. The zero-order valence-corrected chi connectivity index (χ0v) is 13.3. The fraction of sp³-hybridized carbons (Fsp3) is 0.429. The predicted octanol–water partition coefficient (Wildman–Crippen LogP) is 3.14. The Balaban J connectivity index is 2.30. The Hall–Kier alpha value is -1.20. The van der Waals surface area contributed by atoms with Gasteiger partial charge in [-0.15, -0.1) is 0 Å². The minimum Gasteiger partial charge on any atom is -0.310 e. The lowest BCUT2D eigenvalue weighted by atomic mass is 10.2. The van der Waals surface area contributed by atoms with E-state index in [0.29, 0.717) is 6.04 Å². The SMILES string of the molecule is Cc1nn(-c2cc(CNC(C)C)ccn2)c(C)c1Br. The van der Waals surface area contributed by atoms with E-state index in [1.165, 1.54) is 5.56 Å². The van der Waals surface area contributed by atoms with E-state index in [1.54, 1.807) is 0 Å². The number of hydrogen-bond donors (Lipinski definition) is 1. The maximum atomic E-state index is 4.50. The minimum absolute atomic E-state index is 0.472. The third-order valence-corrected chi connectivity index (χ3v) is 4.09. The van der Waals surface area contributed by atoms with Gasteiger partial charge in [0.1, 0.15) is 0 Å². The van der Waals surface area contributed by atoms with E-state index in [4.69, 9.17) is 0 Å². The van der Waals surface area contributed by atoms with Gasteiger partial charge in [-0.3, -0.25) is 0 Å². The first-order valence-electron chi connectivity index (χ1n) is 6.39. The lowest BCUT2D eigenvalue weighted by molar-refractivity contribution is 0.588. The van der Waals surface area contributed by atoms with Gasteiger partial charge in [-0.1, -0.05) is 13.8 Å². The van der Waals surface area contributed by atoms with Gasteiger partial charge in [-0.2, -0.15) is 5.10 Å². The first-order valence-corrected chi connectivity index (χ1v) is 7.18. The molecule has 0 aliphatic heterocycles. The number of halogens is 1. The molecule has 0 atom stereocenters. The molecule has 0 amide bonds. The van der Waals surface area contributed by atoms with Crippen molar-refractivity contribution in [2.45, 2.75) is 40.3 Å². The molecule has 0 spiro atoms. The Morgan fingerprint density at radius 3 is 2.68 bits per heavy atom. The molecule has 0 fully saturated rings. The number of pyridine rings is 1. The summed E-state index contributed by atoms with van der Waals surface area (Å²) in [5.74, 6) is 0.856. The van der Waals surface area contributed by atoms with Crippen LogP contribution in [0.1, 0.15) is 30.8 Å². The molecule has 0 saturated heterocycles. The van der Waals surface area contributed by atoms with Gasteiger partial charge in [0.05, 0.1) is 15.9 Å². The summed E-state index contributed by atoms with van der Waals surface area (Å²) in [6.45, 7) is 9.14. The van der Waals surface area contributed by atoms with Gasteiger partial charge < -0.3 is 5.32 Å². The van der Waals surface area contributed by atoms with Crippen molar-refractivity contribution in [2.24, 2.45) is 0 Å². The highest BCUT2D eigenvalue weighted by atomic mass is 79.9. The summed E-state index contributed by atoms with van der Waals surface area (Å²) in [5, 5.41) is 7.91. The van der Waals surface area contributed by atoms with E-state index in [0.717, 1.165) is 28.2 Å². The van der Waals surface area contributed by atoms with Crippen LogP contribution < -0.4 is 5.32 Å². The molecule has 0 saturated carbocycles. The first kappa shape index (κ1) is 14.2. The van der Waals surface area contributed by atoms with E-state index < -0.39 is 0 Å². The van der Waals surface area contributed by atoms with Crippen molar-refractivity contribution in [3.63, 3.8) is 0 Å². The van der Waals surface area contributed by atoms with Crippen LogP contribution in [0.5, 0.6) is 0 Å². The van der Waals surface area contributed by atoms with Crippen LogP contribution in [-0.2, 0) is 6.54 Å². The molecule has 2 aromatic rings. The highest BCUT2D eigenvalue weighted by molar-refractivity contribution is 9.10. The van der Waals surface area contributed by atoms with Crippen molar-refractivity contribution in [2.75, 3.05) is 0 Å². The molecule has 0 aliphatic rings. The number of hydrogen-bond acceptors (Lipinski definition) is 3. The highest BCUT2D eigenvalue weighted by Crippen LogP contribution is 2.22. The smallest absolute Gasteiger partial charge is 0.153 e. The lowest BCUT2D eigenvalue weighted by Crippen LogP contribution is -2.22. The molecule has 19 heavy (non-hydrogen) atoms. The highest BCUT2D eigenvalue weighted by Gasteiger charge is 2.11. The van der Waals surface area contributed by atoms with Gasteiger partial charge in [0.2, 0.25) is 0 Å².